The van der Waals surface area contributed by atoms with Crippen LogP contribution in [-0.4, -0.2) is 0 Å². The summed E-state index contributed by atoms with van der Waals surface area (Å²) in [6.45, 7) is 0. The lowest BCUT2D eigenvalue weighted by atomic mass is 9.88. The lowest BCUT2D eigenvalue weighted by Crippen LogP contribution is -2.02. The molecule has 2 rings (SSSR count). The molecule has 0 spiro atoms. The van der Waals surface area contributed by atoms with Crippen molar-refractivity contribution in [3.05, 3.63) is 22.4 Å². The minimum Gasteiger partial charge on any atom is -0.148 e. The fourth-order valence-electron chi connectivity index (χ4n) is 1.84. The van der Waals surface area contributed by atoms with Crippen LogP contribution >= 0.6 is 11.3 Å². The maximum absolute atomic E-state index is 3.33. The zero-order chi connectivity index (χ0) is 7.52. The van der Waals surface area contributed by atoms with Crippen LogP contribution in [0.4, 0.5) is 0 Å². The molecule has 0 unspecified atom stereocenters. The van der Waals surface area contributed by atoms with Crippen molar-refractivity contribution in [2.24, 2.45) is 0 Å². The molecule has 0 N–H and O–H groups in total. The molecule has 1 aromatic rings. The Morgan fingerprint density at radius 3 is 2.73 bits per heavy atom. The van der Waals surface area contributed by atoms with Gasteiger partial charge in [0.05, 0.1) is 0 Å². The van der Waals surface area contributed by atoms with Crippen LogP contribution in [0.5, 0.6) is 0 Å². The van der Waals surface area contributed by atoms with Gasteiger partial charge in [-0.15, -0.1) is 11.3 Å². The number of thiophene rings is 1. The van der Waals surface area contributed by atoms with Gasteiger partial charge in [-0.1, -0.05) is 19.3 Å². The molecule has 1 aliphatic rings. The molecule has 0 aliphatic heterocycles. The number of hydrogen-bond acceptors (Lipinski definition) is 1. The predicted molar refractivity (Wildman–Crippen MR) is 49.0 cm³/mol. The first-order chi connectivity index (χ1) is 5.47. The zero-order valence-corrected chi connectivity index (χ0v) is 7.49. The van der Waals surface area contributed by atoms with Crippen molar-refractivity contribution in [1.29, 1.82) is 0 Å². The summed E-state index contributed by atoms with van der Waals surface area (Å²) in [4.78, 5) is 1.49. The molecule has 1 fully saturated rings. The third-order valence-corrected chi connectivity index (χ3v) is 3.44. The molecule has 0 saturated heterocycles. The molecule has 1 aliphatic carbocycles. The van der Waals surface area contributed by atoms with Gasteiger partial charge in [-0.05, 0) is 36.3 Å². The maximum Gasteiger partial charge on any atom is 0.0155 e. The summed E-state index contributed by atoms with van der Waals surface area (Å²) in [6, 6.07) is 5.38. The molecule has 1 heterocycles. The van der Waals surface area contributed by atoms with Gasteiger partial charge in [0.25, 0.3) is 0 Å². The molecule has 0 amide bonds. The van der Waals surface area contributed by atoms with Gasteiger partial charge in [0.2, 0.25) is 0 Å². The Hall–Kier alpha value is -0.300. The Labute approximate surface area is 72.3 Å². The first-order valence-electron chi connectivity index (χ1n) is 4.42. The number of rotatable bonds is 1. The van der Waals surface area contributed by atoms with Gasteiger partial charge in [-0.2, -0.15) is 0 Å². The van der Waals surface area contributed by atoms with E-state index in [1.54, 1.807) is 0 Å². The topological polar surface area (TPSA) is 0 Å². The molecular weight excluding hydrogens is 152 g/mol. The van der Waals surface area contributed by atoms with E-state index in [0.29, 0.717) is 0 Å². The van der Waals surface area contributed by atoms with Crippen molar-refractivity contribution in [1.82, 2.24) is 0 Å². The quantitative estimate of drug-likeness (QED) is 0.596. The lowest BCUT2D eigenvalue weighted by molar-refractivity contribution is 0.448. The van der Waals surface area contributed by atoms with E-state index in [1.165, 1.54) is 37.0 Å². The average molecular weight is 165 g/mol. The van der Waals surface area contributed by atoms with Crippen LogP contribution in [0.3, 0.4) is 0 Å². The molecule has 11 heavy (non-hydrogen) atoms. The lowest BCUT2D eigenvalue weighted by Gasteiger charge is -2.19. The highest BCUT2D eigenvalue weighted by atomic mass is 32.1. The van der Waals surface area contributed by atoms with Crippen LogP contribution in [0.15, 0.2) is 11.4 Å². The van der Waals surface area contributed by atoms with E-state index in [-0.39, 0.29) is 0 Å². The van der Waals surface area contributed by atoms with E-state index >= 15 is 0 Å². The standard InChI is InChI=1S/C10H13S/c1-2-5-9(6-3-1)10-7-4-8-11-10/h4,8-9H,1-3,5-6H2. The molecule has 59 valence electrons. The Bertz CT molecular complexity index is 195. The second-order valence-corrected chi connectivity index (χ2v) is 4.21. The zero-order valence-electron chi connectivity index (χ0n) is 6.68. The Balaban J connectivity index is 2.04. The molecule has 1 saturated carbocycles. The van der Waals surface area contributed by atoms with E-state index in [9.17, 15) is 0 Å². The molecule has 0 bridgehead atoms. The van der Waals surface area contributed by atoms with Gasteiger partial charge in [0.15, 0.2) is 0 Å². The van der Waals surface area contributed by atoms with E-state index < -0.39 is 0 Å². The number of hydrogen-bond donors (Lipinski definition) is 0. The van der Waals surface area contributed by atoms with E-state index in [0.717, 1.165) is 5.92 Å². The third-order valence-electron chi connectivity index (χ3n) is 2.46. The molecule has 1 radical (unpaired) electrons. The third kappa shape index (κ3) is 1.64. The van der Waals surface area contributed by atoms with Crippen LogP contribution in [0, 0.1) is 6.07 Å². The summed E-state index contributed by atoms with van der Waals surface area (Å²) in [6.07, 6.45) is 7.10. The predicted octanol–water partition coefficient (Wildman–Crippen LogP) is 3.60. The van der Waals surface area contributed by atoms with Crippen molar-refractivity contribution in [3.63, 3.8) is 0 Å². The molecular formula is C10H13S. The van der Waals surface area contributed by atoms with Gasteiger partial charge in [-0.3, -0.25) is 0 Å². The van der Waals surface area contributed by atoms with E-state index in [2.05, 4.69) is 17.5 Å². The van der Waals surface area contributed by atoms with Crippen molar-refractivity contribution in [3.8, 4) is 0 Å². The van der Waals surface area contributed by atoms with Gasteiger partial charge in [0, 0.05) is 4.88 Å². The Kier molecular flexibility index (Phi) is 2.27. The largest absolute Gasteiger partial charge is 0.148 e. The van der Waals surface area contributed by atoms with Crippen molar-refractivity contribution < 1.29 is 0 Å². The van der Waals surface area contributed by atoms with Crippen molar-refractivity contribution in [2.75, 3.05) is 0 Å². The van der Waals surface area contributed by atoms with Gasteiger partial charge in [-0.25, -0.2) is 0 Å². The van der Waals surface area contributed by atoms with Crippen LogP contribution in [0.25, 0.3) is 0 Å². The molecule has 1 aromatic heterocycles. The molecule has 0 atom stereocenters. The first-order valence-corrected chi connectivity index (χ1v) is 5.30. The SMILES string of the molecule is [c]1ccsc1C1CCCCC1. The van der Waals surface area contributed by atoms with Crippen molar-refractivity contribution >= 4 is 11.3 Å². The summed E-state index contributed by atoms with van der Waals surface area (Å²) in [7, 11) is 0. The summed E-state index contributed by atoms with van der Waals surface area (Å²) in [5, 5.41) is 2.14. The summed E-state index contributed by atoms with van der Waals surface area (Å²) in [5.41, 5.74) is 0. The van der Waals surface area contributed by atoms with Gasteiger partial charge >= 0.3 is 0 Å². The van der Waals surface area contributed by atoms with Crippen LogP contribution in [0.1, 0.15) is 42.9 Å². The summed E-state index contributed by atoms with van der Waals surface area (Å²) < 4.78 is 0. The second kappa shape index (κ2) is 3.40. The first kappa shape index (κ1) is 7.35. The molecule has 0 nitrogen and oxygen atoms in total. The highest BCUT2D eigenvalue weighted by Gasteiger charge is 2.15. The fourth-order valence-corrected chi connectivity index (χ4v) is 2.68. The van der Waals surface area contributed by atoms with Crippen LogP contribution in [0.2, 0.25) is 0 Å². The van der Waals surface area contributed by atoms with Crippen LogP contribution in [-0.2, 0) is 0 Å². The highest BCUT2D eigenvalue weighted by molar-refractivity contribution is 7.09. The normalized spacial score (nSPS) is 20.4. The van der Waals surface area contributed by atoms with E-state index in [1.807, 2.05) is 11.3 Å². The monoisotopic (exact) mass is 165 g/mol. The maximum atomic E-state index is 3.33. The minimum atomic E-state index is 0.851. The minimum absolute atomic E-state index is 0.851. The molecule has 0 aromatic carbocycles. The Morgan fingerprint density at radius 2 is 2.09 bits per heavy atom. The summed E-state index contributed by atoms with van der Waals surface area (Å²) >= 11 is 1.87. The Morgan fingerprint density at radius 1 is 1.27 bits per heavy atom. The van der Waals surface area contributed by atoms with Crippen molar-refractivity contribution in [2.45, 2.75) is 38.0 Å². The highest BCUT2D eigenvalue weighted by Crippen LogP contribution is 2.34. The van der Waals surface area contributed by atoms with Gasteiger partial charge in [0.1, 0.15) is 0 Å². The van der Waals surface area contributed by atoms with Gasteiger partial charge < -0.3 is 0 Å². The summed E-state index contributed by atoms with van der Waals surface area (Å²) in [5.74, 6) is 0.851. The average Bonchev–Trinajstić information content (AvgIpc) is 2.58. The smallest absolute Gasteiger partial charge is 0.0155 e. The van der Waals surface area contributed by atoms with Crippen LogP contribution < -0.4 is 0 Å². The fraction of sp³-hybridized carbons (Fsp3) is 0.600. The second-order valence-electron chi connectivity index (χ2n) is 3.26. The molecule has 1 heteroatoms. The van der Waals surface area contributed by atoms with E-state index in [4.69, 9.17) is 0 Å².